The van der Waals surface area contributed by atoms with Crippen LogP contribution in [-0.2, 0) is 6.54 Å². The fourth-order valence-corrected chi connectivity index (χ4v) is 1.75. The molecule has 1 heterocycles. The Bertz CT molecular complexity index is 545. The highest BCUT2D eigenvalue weighted by Crippen LogP contribution is 2.14. The number of nitrogens with two attached hydrogens (primary N) is 1. The minimum Gasteiger partial charge on any atom is -0.272 e. The Labute approximate surface area is 110 Å². The van der Waals surface area contributed by atoms with E-state index < -0.39 is 0 Å². The average Bonchev–Trinajstić information content (AvgIpc) is 2.39. The lowest BCUT2D eigenvalue weighted by Gasteiger charge is -2.17. The number of amides is 1. The van der Waals surface area contributed by atoms with E-state index in [2.05, 4.69) is 4.98 Å². The Hall–Kier alpha value is -1.91. The molecule has 0 saturated carbocycles. The molecule has 0 bridgehead atoms. The largest absolute Gasteiger partial charge is 0.272 e. The molecule has 5 heteroatoms. The maximum Gasteiger partial charge on any atom is 0.271 e. The van der Waals surface area contributed by atoms with Crippen molar-refractivity contribution in [2.45, 2.75) is 6.54 Å². The summed E-state index contributed by atoms with van der Waals surface area (Å²) in [6.45, 7) is 0.324. The Morgan fingerprint density at radius 3 is 2.61 bits per heavy atom. The number of hydrogen-bond donors (Lipinski definition) is 1. The van der Waals surface area contributed by atoms with Gasteiger partial charge in [-0.25, -0.2) is 10.8 Å². The molecule has 2 rings (SSSR count). The zero-order valence-electron chi connectivity index (χ0n) is 9.58. The maximum atomic E-state index is 12.0. The monoisotopic (exact) mass is 261 g/mol. The summed E-state index contributed by atoms with van der Waals surface area (Å²) < 4.78 is 0. The number of pyridine rings is 1. The van der Waals surface area contributed by atoms with Crippen LogP contribution in [0.25, 0.3) is 0 Å². The van der Waals surface area contributed by atoms with Gasteiger partial charge in [-0.1, -0.05) is 41.9 Å². The molecule has 0 saturated heterocycles. The fourth-order valence-electron chi connectivity index (χ4n) is 1.55. The van der Waals surface area contributed by atoms with Gasteiger partial charge in [0.15, 0.2) is 0 Å². The highest BCUT2D eigenvalue weighted by molar-refractivity contribution is 6.32. The lowest BCUT2D eigenvalue weighted by Crippen LogP contribution is -2.36. The first kappa shape index (κ1) is 12.5. The summed E-state index contributed by atoms with van der Waals surface area (Å²) in [5.74, 6) is 5.40. The summed E-state index contributed by atoms with van der Waals surface area (Å²) in [6.07, 6.45) is 1.52. The number of aromatic nitrogens is 1. The molecule has 18 heavy (non-hydrogen) atoms. The van der Waals surface area contributed by atoms with Crippen LogP contribution in [0, 0.1) is 0 Å². The Morgan fingerprint density at radius 2 is 1.94 bits per heavy atom. The smallest absolute Gasteiger partial charge is 0.271 e. The van der Waals surface area contributed by atoms with E-state index in [1.807, 2.05) is 30.3 Å². The summed E-state index contributed by atoms with van der Waals surface area (Å²) in [5.41, 5.74) is 1.26. The molecule has 1 aromatic carbocycles. The van der Waals surface area contributed by atoms with Crippen molar-refractivity contribution in [3.05, 3.63) is 64.9 Å². The van der Waals surface area contributed by atoms with Gasteiger partial charge in [0.1, 0.15) is 5.15 Å². The SMILES string of the molecule is NN(Cc1ccccc1)C(=O)c1cccnc1Cl. The van der Waals surface area contributed by atoms with Gasteiger partial charge >= 0.3 is 0 Å². The van der Waals surface area contributed by atoms with E-state index in [1.54, 1.807) is 12.1 Å². The topological polar surface area (TPSA) is 59.2 Å². The van der Waals surface area contributed by atoms with Crippen LogP contribution in [0.5, 0.6) is 0 Å². The van der Waals surface area contributed by atoms with E-state index >= 15 is 0 Å². The van der Waals surface area contributed by atoms with Gasteiger partial charge in [0.25, 0.3) is 5.91 Å². The summed E-state index contributed by atoms with van der Waals surface area (Å²) in [6, 6.07) is 12.7. The number of carbonyl (C=O) groups excluding carboxylic acids is 1. The second-order valence-corrected chi connectivity index (χ2v) is 4.12. The average molecular weight is 262 g/mol. The van der Waals surface area contributed by atoms with E-state index in [4.69, 9.17) is 17.4 Å². The van der Waals surface area contributed by atoms with Crippen molar-refractivity contribution in [1.29, 1.82) is 0 Å². The predicted octanol–water partition coefficient (Wildman–Crippen LogP) is 2.25. The minimum absolute atomic E-state index is 0.158. The minimum atomic E-state index is -0.350. The number of benzene rings is 1. The number of halogens is 1. The molecule has 0 aliphatic rings. The van der Waals surface area contributed by atoms with Crippen LogP contribution in [0.15, 0.2) is 48.7 Å². The fraction of sp³-hybridized carbons (Fsp3) is 0.0769. The van der Waals surface area contributed by atoms with E-state index in [0.717, 1.165) is 10.6 Å². The molecular weight excluding hydrogens is 250 g/mol. The van der Waals surface area contributed by atoms with Gasteiger partial charge in [-0.2, -0.15) is 0 Å². The van der Waals surface area contributed by atoms with Crippen molar-refractivity contribution >= 4 is 17.5 Å². The molecule has 2 aromatic rings. The van der Waals surface area contributed by atoms with Gasteiger partial charge in [-0.05, 0) is 17.7 Å². The molecule has 0 unspecified atom stereocenters. The number of hydrazine groups is 1. The molecule has 92 valence electrons. The molecule has 0 aliphatic carbocycles. The lowest BCUT2D eigenvalue weighted by molar-refractivity contribution is 0.0743. The Morgan fingerprint density at radius 1 is 1.22 bits per heavy atom. The van der Waals surface area contributed by atoms with Gasteiger partial charge in [0, 0.05) is 6.20 Å². The zero-order valence-corrected chi connectivity index (χ0v) is 10.3. The van der Waals surface area contributed by atoms with Crippen LogP contribution in [0.3, 0.4) is 0 Å². The third-order valence-electron chi connectivity index (χ3n) is 2.45. The summed E-state index contributed by atoms with van der Waals surface area (Å²) >= 11 is 5.85. The van der Waals surface area contributed by atoms with Crippen molar-refractivity contribution < 1.29 is 4.79 Å². The summed E-state index contributed by atoms with van der Waals surface area (Å²) in [5, 5.41) is 1.28. The second kappa shape index (κ2) is 5.62. The van der Waals surface area contributed by atoms with Crippen LogP contribution in [0.1, 0.15) is 15.9 Å². The normalized spacial score (nSPS) is 10.1. The van der Waals surface area contributed by atoms with Crippen molar-refractivity contribution in [3.8, 4) is 0 Å². The van der Waals surface area contributed by atoms with Crippen LogP contribution in [0.2, 0.25) is 5.15 Å². The third-order valence-corrected chi connectivity index (χ3v) is 2.75. The van der Waals surface area contributed by atoms with Crippen LogP contribution in [-0.4, -0.2) is 15.9 Å². The first-order valence-electron chi connectivity index (χ1n) is 5.39. The molecule has 0 fully saturated rings. The van der Waals surface area contributed by atoms with Gasteiger partial charge in [0.2, 0.25) is 0 Å². The Kier molecular flexibility index (Phi) is 3.92. The van der Waals surface area contributed by atoms with Crippen molar-refractivity contribution in [2.24, 2.45) is 5.84 Å². The van der Waals surface area contributed by atoms with Crippen molar-refractivity contribution in [2.75, 3.05) is 0 Å². The van der Waals surface area contributed by atoms with Gasteiger partial charge in [-0.15, -0.1) is 0 Å². The van der Waals surface area contributed by atoms with Gasteiger partial charge < -0.3 is 0 Å². The van der Waals surface area contributed by atoms with Crippen molar-refractivity contribution in [1.82, 2.24) is 9.99 Å². The van der Waals surface area contributed by atoms with Crippen LogP contribution >= 0.6 is 11.6 Å². The highest BCUT2D eigenvalue weighted by atomic mass is 35.5. The number of nitrogens with zero attached hydrogens (tertiary/aromatic N) is 2. The predicted molar refractivity (Wildman–Crippen MR) is 69.7 cm³/mol. The van der Waals surface area contributed by atoms with E-state index in [9.17, 15) is 4.79 Å². The number of hydrogen-bond acceptors (Lipinski definition) is 3. The van der Waals surface area contributed by atoms with Crippen molar-refractivity contribution in [3.63, 3.8) is 0 Å². The van der Waals surface area contributed by atoms with Gasteiger partial charge in [-0.3, -0.25) is 9.80 Å². The van der Waals surface area contributed by atoms with E-state index in [-0.39, 0.29) is 11.1 Å². The first-order valence-corrected chi connectivity index (χ1v) is 5.77. The third kappa shape index (κ3) is 2.85. The molecule has 4 nitrogen and oxygen atoms in total. The molecule has 2 N–H and O–H groups in total. The lowest BCUT2D eigenvalue weighted by atomic mass is 10.2. The van der Waals surface area contributed by atoms with E-state index in [0.29, 0.717) is 12.1 Å². The first-order chi connectivity index (χ1) is 8.68. The molecule has 1 amide bonds. The quantitative estimate of drug-likeness (QED) is 0.399. The highest BCUT2D eigenvalue weighted by Gasteiger charge is 2.16. The standard InChI is InChI=1S/C13H12ClN3O/c14-12-11(7-4-8-16-12)13(18)17(15)9-10-5-2-1-3-6-10/h1-8H,9,15H2. The zero-order chi connectivity index (χ0) is 13.0. The molecule has 1 aromatic heterocycles. The molecular formula is C13H12ClN3O. The molecule has 0 spiro atoms. The summed E-state index contributed by atoms with van der Waals surface area (Å²) in [7, 11) is 0. The maximum absolute atomic E-state index is 12.0. The van der Waals surface area contributed by atoms with Crippen LogP contribution in [0.4, 0.5) is 0 Å². The molecule has 0 atom stereocenters. The second-order valence-electron chi connectivity index (χ2n) is 3.76. The molecule has 0 aliphatic heterocycles. The molecule has 0 radical (unpaired) electrons. The number of rotatable bonds is 3. The van der Waals surface area contributed by atoms with Crippen LogP contribution < -0.4 is 5.84 Å². The van der Waals surface area contributed by atoms with E-state index in [1.165, 1.54) is 6.20 Å². The van der Waals surface area contributed by atoms with Gasteiger partial charge in [0.05, 0.1) is 12.1 Å². The number of carbonyl (C=O) groups is 1. The Balaban J connectivity index is 2.13. The summed E-state index contributed by atoms with van der Waals surface area (Å²) in [4.78, 5) is 15.9.